The first-order chi connectivity index (χ1) is 7.24. The number of unbranched alkanes of at least 4 members (excludes halogenated alkanes) is 3. The molecule has 0 fully saturated rings. The molecule has 0 bridgehead atoms. The average molecular weight is 295 g/mol. The Morgan fingerprint density at radius 3 is 0.750 bits per heavy atom. The van der Waals surface area contributed by atoms with Crippen molar-refractivity contribution in [2.45, 2.75) is 59.3 Å². The van der Waals surface area contributed by atoms with Crippen LogP contribution >= 0.6 is 0 Å². The molecule has 0 aromatic carbocycles. The van der Waals surface area contributed by atoms with Gasteiger partial charge in [-0.25, -0.2) is 0 Å². The quantitative estimate of drug-likeness (QED) is 0.542. The second kappa shape index (κ2) is 36.0. The van der Waals surface area contributed by atoms with E-state index in [1.807, 2.05) is 0 Å². The van der Waals surface area contributed by atoms with E-state index in [1.54, 1.807) is 0 Å². The van der Waals surface area contributed by atoms with E-state index in [9.17, 15) is 0 Å². The Hall–Kier alpha value is 1.58. The van der Waals surface area contributed by atoms with Crippen LogP contribution in [0.2, 0.25) is 0 Å². The van der Waals surface area contributed by atoms with Crippen molar-refractivity contribution < 1.29 is 0 Å². The molecule has 0 saturated carbocycles. The van der Waals surface area contributed by atoms with E-state index in [-0.39, 0.29) is 17.4 Å². The van der Waals surface area contributed by atoms with Crippen LogP contribution in [0.5, 0.6) is 0 Å². The molecule has 0 rings (SSSR count). The predicted molar refractivity (Wildman–Crippen MR) is 87.2 cm³/mol. The van der Waals surface area contributed by atoms with Crippen molar-refractivity contribution in [1.82, 2.24) is 0 Å². The van der Waals surface area contributed by atoms with Crippen molar-refractivity contribution in [3.63, 3.8) is 0 Å². The minimum Gasteiger partial charge on any atom is -0.793 e. The summed E-state index contributed by atoms with van der Waals surface area (Å²) in [6, 6.07) is 0. The first kappa shape index (κ1) is 26.2. The third kappa shape index (κ3) is 57.6. The Balaban J connectivity index is -0.0000000655. The fourth-order valence-electron chi connectivity index (χ4n) is 0.433. The van der Waals surface area contributed by atoms with E-state index in [0.717, 1.165) is 17.3 Å². The third-order valence-electron chi connectivity index (χ3n) is 1.49. The Labute approximate surface area is 131 Å². The Bertz CT molecular complexity index is 53.0. The Morgan fingerprint density at radius 1 is 0.562 bits per heavy atom. The molecule has 0 aromatic heterocycles. The predicted octanol–water partition coefficient (Wildman–Crippen LogP) is 3.62. The Kier molecular flexibility index (Phi) is 58.9. The molecule has 96 valence electrons. The molecule has 0 nitrogen and oxygen atoms in total. The van der Waals surface area contributed by atoms with E-state index in [0.29, 0.717) is 0 Å². The third-order valence-corrected chi connectivity index (χ3v) is 2.36. The zero-order valence-electron chi connectivity index (χ0n) is 11.2. The van der Waals surface area contributed by atoms with Gasteiger partial charge < -0.3 is 37.9 Å². The molecular weight excluding hydrogens is 267 g/mol. The molecular formula is C12H27AlS3. The maximum Gasteiger partial charge on any atom is 3.00 e. The van der Waals surface area contributed by atoms with Gasteiger partial charge in [0.1, 0.15) is 0 Å². The summed E-state index contributed by atoms with van der Waals surface area (Å²) in [5, 5.41) is 0. The molecule has 0 aliphatic heterocycles. The summed E-state index contributed by atoms with van der Waals surface area (Å²) in [6.07, 6.45) is 7.33. The second-order valence-corrected chi connectivity index (χ2v) is 4.40. The summed E-state index contributed by atoms with van der Waals surface area (Å²) in [5.41, 5.74) is 0. The molecule has 0 aliphatic rings. The maximum atomic E-state index is 4.65. The van der Waals surface area contributed by atoms with Gasteiger partial charge in [0, 0.05) is 0 Å². The molecule has 16 heavy (non-hydrogen) atoms. The molecule has 0 unspecified atom stereocenters. The van der Waals surface area contributed by atoms with Crippen LogP contribution < -0.4 is 0 Å². The van der Waals surface area contributed by atoms with E-state index in [1.165, 1.54) is 38.5 Å². The number of hydrogen-bond donors (Lipinski definition) is 0. The zero-order chi connectivity index (χ0) is 12.4. The van der Waals surface area contributed by atoms with Crippen LogP contribution in [0.15, 0.2) is 0 Å². The van der Waals surface area contributed by atoms with Gasteiger partial charge in [-0.15, -0.1) is 0 Å². The van der Waals surface area contributed by atoms with Gasteiger partial charge in [0.05, 0.1) is 0 Å². The summed E-state index contributed by atoms with van der Waals surface area (Å²) >= 11 is 14.0. The largest absolute Gasteiger partial charge is 3.00 e. The van der Waals surface area contributed by atoms with Gasteiger partial charge in [0.2, 0.25) is 0 Å². The molecule has 0 amide bonds. The van der Waals surface area contributed by atoms with Gasteiger partial charge in [-0.05, 0) is 0 Å². The standard InChI is InChI=1S/3C4H10S.Al/c3*1-2-3-4-5;/h3*5H,2-4H2,1H3;/q;;;+3/p-3. The first-order valence-electron chi connectivity index (χ1n) is 5.99. The van der Waals surface area contributed by atoms with Crippen molar-refractivity contribution >= 4 is 55.2 Å². The molecule has 0 N–H and O–H groups in total. The molecule has 0 spiro atoms. The molecule has 4 heteroatoms. The SMILES string of the molecule is CCCC[S-].CCCC[S-].CCCC[S-].[Al+3]. The van der Waals surface area contributed by atoms with Gasteiger partial charge >= 0.3 is 17.4 Å². The van der Waals surface area contributed by atoms with Crippen LogP contribution in [0.3, 0.4) is 0 Å². The molecule has 0 radical (unpaired) electrons. The van der Waals surface area contributed by atoms with Crippen LogP contribution in [0.4, 0.5) is 0 Å². The van der Waals surface area contributed by atoms with Gasteiger partial charge in [0.15, 0.2) is 0 Å². The Morgan fingerprint density at radius 2 is 0.750 bits per heavy atom. The fraction of sp³-hybridized carbons (Fsp3) is 1.00. The van der Waals surface area contributed by atoms with E-state index in [2.05, 4.69) is 58.7 Å². The second-order valence-electron chi connectivity index (χ2n) is 3.17. The van der Waals surface area contributed by atoms with Gasteiger partial charge in [0.25, 0.3) is 0 Å². The molecule has 0 atom stereocenters. The summed E-state index contributed by atoms with van der Waals surface area (Å²) in [7, 11) is 0. The normalized spacial score (nSPS) is 7.88. The van der Waals surface area contributed by atoms with Crippen molar-refractivity contribution in [3.8, 4) is 0 Å². The topological polar surface area (TPSA) is 0 Å². The van der Waals surface area contributed by atoms with Crippen molar-refractivity contribution in [2.24, 2.45) is 0 Å². The van der Waals surface area contributed by atoms with Crippen LogP contribution in [-0.4, -0.2) is 34.6 Å². The smallest absolute Gasteiger partial charge is 0.793 e. The van der Waals surface area contributed by atoms with E-state index in [4.69, 9.17) is 0 Å². The molecule has 0 aromatic rings. The first-order valence-corrected chi connectivity index (χ1v) is 7.72. The molecule has 0 aliphatic carbocycles. The van der Waals surface area contributed by atoms with E-state index < -0.39 is 0 Å². The van der Waals surface area contributed by atoms with Crippen molar-refractivity contribution in [1.29, 1.82) is 0 Å². The average Bonchev–Trinajstić information content (AvgIpc) is 2.23. The van der Waals surface area contributed by atoms with Crippen LogP contribution in [0.1, 0.15) is 59.3 Å². The van der Waals surface area contributed by atoms with Gasteiger partial charge in [-0.1, -0.05) is 59.3 Å². The molecule has 0 saturated heterocycles. The minimum atomic E-state index is 0. The number of hydrogen-bond acceptors (Lipinski definition) is 3. The monoisotopic (exact) mass is 294 g/mol. The zero-order valence-corrected chi connectivity index (χ0v) is 14.8. The van der Waals surface area contributed by atoms with Crippen LogP contribution in [-0.2, 0) is 37.9 Å². The maximum absolute atomic E-state index is 4.65. The summed E-state index contributed by atoms with van der Waals surface area (Å²) in [4.78, 5) is 0. The van der Waals surface area contributed by atoms with E-state index >= 15 is 0 Å². The van der Waals surface area contributed by atoms with Crippen LogP contribution in [0.25, 0.3) is 0 Å². The minimum absolute atomic E-state index is 0. The van der Waals surface area contributed by atoms with Gasteiger partial charge in [-0.2, -0.15) is 17.3 Å². The summed E-state index contributed by atoms with van der Waals surface area (Å²) < 4.78 is 0. The molecule has 0 heterocycles. The van der Waals surface area contributed by atoms with Gasteiger partial charge in [-0.3, -0.25) is 0 Å². The van der Waals surface area contributed by atoms with Crippen molar-refractivity contribution in [3.05, 3.63) is 0 Å². The summed E-state index contributed by atoms with van der Waals surface area (Å²) in [6.45, 7) is 6.44. The van der Waals surface area contributed by atoms with Crippen molar-refractivity contribution in [2.75, 3.05) is 17.3 Å². The van der Waals surface area contributed by atoms with Crippen LogP contribution in [0, 0.1) is 0 Å². The number of rotatable bonds is 6. The summed E-state index contributed by atoms with van der Waals surface area (Å²) in [5.74, 6) is 2.78. The fourth-order valence-corrected chi connectivity index (χ4v) is 1.30.